The third-order valence-electron chi connectivity index (χ3n) is 2.03. The summed E-state index contributed by atoms with van der Waals surface area (Å²) >= 11 is 0. The highest BCUT2D eigenvalue weighted by molar-refractivity contribution is 5.54. The van der Waals surface area contributed by atoms with Crippen LogP contribution < -0.4 is 0 Å². The predicted molar refractivity (Wildman–Crippen MR) is 75.3 cm³/mol. The van der Waals surface area contributed by atoms with Gasteiger partial charge in [-0.15, -0.1) is 0 Å². The molecule has 0 aromatic rings. The zero-order chi connectivity index (χ0) is 14.9. The Morgan fingerprint density at radius 3 is 1.74 bits per heavy atom. The fourth-order valence-corrected chi connectivity index (χ4v) is 1.21. The van der Waals surface area contributed by atoms with Gasteiger partial charge in [0.15, 0.2) is 6.29 Å². The van der Waals surface area contributed by atoms with Crippen LogP contribution in [0.5, 0.6) is 0 Å². The molecule has 1 unspecified atom stereocenters. The van der Waals surface area contributed by atoms with Crippen molar-refractivity contribution in [3.8, 4) is 0 Å². The number of ether oxygens (including phenoxy) is 4. The van der Waals surface area contributed by atoms with Gasteiger partial charge in [-0.3, -0.25) is 0 Å². The van der Waals surface area contributed by atoms with Crippen molar-refractivity contribution in [1.29, 1.82) is 0 Å². The number of aldehydes is 1. The lowest BCUT2D eigenvalue weighted by Gasteiger charge is -2.16. The van der Waals surface area contributed by atoms with E-state index in [1.54, 1.807) is 6.92 Å². The summed E-state index contributed by atoms with van der Waals surface area (Å²) in [6, 6.07) is 0. The van der Waals surface area contributed by atoms with E-state index >= 15 is 0 Å². The zero-order valence-corrected chi connectivity index (χ0v) is 13.0. The molecule has 0 aromatic heterocycles. The Kier molecular flexibility index (Phi) is 19.2. The van der Waals surface area contributed by atoms with E-state index < -0.39 is 0 Å². The first kappa shape index (κ1) is 20.8. The average Bonchev–Trinajstić information content (AvgIpc) is 2.40. The summed E-state index contributed by atoms with van der Waals surface area (Å²) in [6.45, 7) is 13.0. The summed E-state index contributed by atoms with van der Waals surface area (Å²) in [5.74, 6) is 0. The van der Waals surface area contributed by atoms with E-state index in [1.165, 1.54) is 0 Å². The molecule has 0 spiro atoms. The van der Waals surface area contributed by atoms with Crippen molar-refractivity contribution >= 4 is 6.29 Å². The van der Waals surface area contributed by atoms with E-state index in [0.29, 0.717) is 26.4 Å². The molecule has 0 heterocycles. The van der Waals surface area contributed by atoms with Gasteiger partial charge in [0.1, 0.15) is 12.4 Å². The summed E-state index contributed by atoms with van der Waals surface area (Å²) in [4.78, 5) is 9.77. The minimum atomic E-state index is -0.231. The molecule has 0 radical (unpaired) electrons. The van der Waals surface area contributed by atoms with Gasteiger partial charge in [-0.05, 0) is 34.6 Å². The van der Waals surface area contributed by atoms with E-state index in [1.807, 2.05) is 27.7 Å². The van der Waals surface area contributed by atoms with Crippen LogP contribution in [0, 0.1) is 0 Å². The van der Waals surface area contributed by atoms with Gasteiger partial charge in [0, 0.05) is 32.8 Å². The molecule has 19 heavy (non-hydrogen) atoms. The Hall–Kier alpha value is -0.490. The van der Waals surface area contributed by atoms with Crippen molar-refractivity contribution in [1.82, 2.24) is 0 Å². The van der Waals surface area contributed by atoms with Crippen molar-refractivity contribution in [3.63, 3.8) is 0 Å². The monoisotopic (exact) mass is 278 g/mol. The first-order valence-corrected chi connectivity index (χ1v) is 7.03. The molecule has 0 amide bonds. The number of hydrogen-bond donors (Lipinski definition) is 0. The maximum atomic E-state index is 9.77. The van der Waals surface area contributed by atoms with Gasteiger partial charge in [-0.1, -0.05) is 0 Å². The van der Waals surface area contributed by atoms with Gasteiger partial charge in [0.2, 0.25) is 0 Å². The Morgan fingerprint density at radius 1 is 0.895 bits per heavy atom. The van der Waals surface area contributed by atoms with Crippen LogP contribution in [-0.2, 0) is 23.7 Å². The third-order valence-corrected chi connectivity index (χ3v) is 2.03. The number of hydrogen-bond acceptors (Lipinski definition) is 5. The maximum absolute atomic E-state index is 9.77. The Labute approximate surface area is 117 Å². The molecule has 0 rings (SSSR count). The quantitative estimate of drug-likeness (QED) is 0.330. The molecule has 5 heteroatoms. The van der Waals surface area contributed by atoms with Crippen molar-refractivity contribution in [2.45, 2.75) is 53.4 Å². The van der Waals surface area contributed by atoms with Crippen LogP contribution in [0.25, 0.3) is 0 Å². The molecule has 0 N–H and O–H groups in total. The molecule has 0 aliphatic carbocycles. The topological polar surface area (TPSA) is 54.0 Å². The predicted octanol–water partition coefficient (Wildman–Crippen LogP) is 2.42. The molecule has 0 aromatic carbocycles. The van der Waals surface area contributed by atoms with Crippen LogP contribution in [-0.4, -0.2) is 51.7 Å². The summed E-state index contributed by atoms with van der Waals surface area (Å²) in [6.07, 6.45) is 1.27. The summed E-state index contributed by atoms with van der Waals surface area (Å²) < 4.78 is 20.7. The van der Waals surface area contributed by atoms with Crippen molar-refractivity contribution in [2.75, 3.05) is 33.0 Å². The smallest absolute Gasteiger partial charge is 0.159 e. The van der Waals surface area contributed by atoms with Gasteiger partial charge >= 0.3 is 0 Å². The largest absolute Gasteiger partial charge is 0.382 e. The van der Waals surface area contributed by atoms with Gasteiger partial charge in [0.05, 0.1) is 6.61 Å². The first-order chi connectivity index (χ1) is 9.15. The van der Waals surface area contributed by atoms with Crippen LogP contribution in [0.4, 0.5) is 0 Å². The highest BCUT2D eigenvalue weighted by Crippen LogP contribution is 2.00. The standard InChI is InChI=1S/C9H20O3.C5H10O2/c1-4-10-8-7-9(11-5-2)12-6-3;1-3-7-5(2)4-6/h9H,4-8H2,1-3H3;4-5H,3H2,1-2H3. The lowest BCUT2D eigenvalue weighted by atomic mass is 10.4. The second-order valence-electron chi connectivity index (χ2n) is 3.62. The van der Waals surface area contributed by atoms with Crippen molar-refractivity contribution in [3.05, 3.63) is 0 Å². The number of rotatable bonds is 11. The number of carbonyl (C=O) groups excluding carboxylic acids is 1. The summed E-state index contributed by atoms with van der Waals surface area (Å²) in [7, 11) is 0. The summed E-state index contributed by atoms with van der Waals surface area (Å²) in [5, 5.41) is 0. The van der Waals surface area contributed by atoms with E-state index in [-0.39, 0.29) is 12.4 Å². The fourth-order valence-electron chi connectivity index (χ4n) is 1.21. The molecule has 0 aliphatic rings. The fraction of sp³-hybridized carbons (Fsp3) is 0.929. The Balaban J connectivity index is 0. The van der Waals surface area contributed by atoms with Crippen molar-refractivity contribution in [2.24, 2.45) is 0 Å². The molecule has 116 valence electrons. The van der Waals surface area contributed by atoms with Crippen LogP contribution >= 0.6 is 0 Å². The molecule has 0 aliphatic heterocycles. The maximum Gasteiger partial charge on any atom is 0.159 e. The first-order valence-electron chi connectivity index (χ1n) is 7.03. The Morgan fingerprint density at radius 2 is 1.42 bits per heavy atom. The second-order valence-corrected chi connectivity index (χ2v) is 3.62. The van der Waals surface area contributed by atoms with E-state index in [4.69, 9.17) is 18.9 Å². The highest BCUT2D eigenvalue weighted by atomic mass is 16.7. The molecule has 5 nitrogen and oxygen atoms in total. The minimum absolute atomic E-state index is 0.0912. The Bertz CT molecular complexity index is 169. The molecule has 0 saturated carbocycles. The number of carbonyl (C=O) groups is 1. The van der Waals surface area contributed by atoms with E-state index in [0.717, 1.165) is 19.3 Å². The van der Waals surface area contributed by atoms with E-state index in [9.17, 15) is 4.79 Å². The van der Waals surface area contributed by atoms with Gasteiger partial charge < -0.3 is 23.7 Å². The molecular formula is C14H30O5. The average molecular weight is 278 g/mol. The van der Waals surface area contributed by atoms with Crippen LogP contribution in [0.3, 0.4) is 0 Å². The van der Waals surface area contributed by atoms with Crippen molar-refractivity contribution < 1.29 is 23.7 Å². The zero-order valence-electron chi connectivity index (χ0n) is 13.0. The third kappa shape index (κ3) is 17.5. The lowest BCUT2D eigenvalue weighted by molar-refractivity contribution is -0.146. The second kappa shape index (κ2) is 17.5. The van der Waals surface area contributed by atoms with E-state index in [2.05, 4.69) is 0 Å². The molecule has 1 atom stereocenters. The SMILES string of the molecule is CCOC(C)C=O.CCOCCC(OCC)OCC. The van der Waals surface area contributed by atoms with Crippen LogP contribution in [0.1, 0.15) is 41.0 Å². The van der Waals surface area contributed by atoms with Gasteiger partial charge in [-0.25, -0.2) is 0 Å². The summed E-state index contributed by atoms with van der Waals surface area (Å²) in [5.41, 5.74) is 0. The highest BCUT2D eigenvalue weighted by Gasteiger charge is 2.06. The molecule has 0 bridgehead atoms. The van der Waals surface area contributed by atoms with Crippen LogP contribution in [0.2, 0.25) is 0 Å². The van der Waals surface area contributed by atoms with Gasteiger partial charge in [0.25, 0.3) is 0 Å². The normalized spacial score (nSPS) is 11.9. The minimum Gasteiger partial charge on any atom is -0.382 e. The molecule has 0 fully saturated rings. The molecular weight excluding hydrogens is 248 g/mol. The van der Waals surface area contributed by atoms with Crippen LogP contribution in [0.15, 0.2) is 0 Å². The lowest BCUT2D eigenvalue weighted by Crippen LogP contribution is -2.19. The molecule has 0 saturated heterocycles. The van der Waals surface area contributed by atoms with Gasteiger partial charge in [-0.2, -0.15) is 0 Å².